The summed E-state index contributed by atoms with van der Waals surface area (Å²) in [5, 5.41) is 12.6. The number of fused-ring (bicyclic) bond motifs is 2. The molecule has 0 radical (unpaired) electrons. The second-order valence-electron chi connectivity index (χ2n) is 16.3. The van der Waals surface area contributed by atoms with E-state index in [2.05, 4.69) is 56.4 Å². The third-order valence-corrected chi connectivity index (χ3v) is 13.4. The zero-order valence-corrected chi connectivity index (χ0v) is 30.6. The lowest BCUT2D eigenvalue weighted by Crippen LogP contribution is -2.52. The maximum Gasteiger partial charge on any atom is 0.255 e. The number of nitrogens with zero attached hydrogens (tertiary/aromatic N) is 4. The van der Waals surface area contributed by atoms with Crippen molar-refractivity contribution in [2.45, 2.75) is 69.9 Å². The largest absolute Gasteiger partial charge is 0.508 e. The fourth-order valence-electron chi connectivity index (χ4n) is 10.4. The maximum atomic E-state index is 13.1. The summed E-state index contributed by atoms with van der Waals surface area (Å²) in [6, 6.07) is 20.9. The Hall–Kier alpha value is -4.41. The number of amides is 3. The molecule has 0 aromatic heterocycles. The number of aromatic hydroxyl groups is 1. The van der Waals surface area contributed by atoms with Crippen LogP contribution in [-0.4, -0.2) is 97.7 Å². The molecule has 10 heteroatoms. The van der Waals surface area contributed by atoms with Gasteiger partial charge >= 0.3 is 0 Å². The monoisotopic (exact) mass is 717 g/mol. The molecule has 9 rings (SSSR count). The minimum absolute atomic E-state index is 0.120. The number of carbonyl (C=O) groups is 3. The Morgan fingerprint density at radius 3 is 2.25 bits per heavy atom. The van der Waals surface area contributed by atoms with Crippen LogP contribution in [0.1, 0.15) is 83.5 Å². The molecule has 0 unspecified atom stereocenters. The summed E-state index contributed by atoms with van der Waals surface area (Å²) >= 11 is 0. The predicted octanol–water partition coefficient (Wildman–Crippen LogP) is 5.07. The number of rotatable bonds is 6. The van der Waals surface area contributed by atoms with E-state index in [0.717, 1.165) is 96.0 Å². The van der Waals surface area contributed by atoms with Gasteiger partial charge in [-0.1, -0.05) is 18.2 Å². The molecule has 6 aliphatic rings. The highest BCUT2D eigenvalue weighted by Gasteiger charge is 2.45. The summed E-state index contributed by atoms with van der Waals surface area (Å²) < 4.78 is 5.83. The molecule has 2 N–H and O–H groups in total. The van der Waals surface area contributed by atoms with Crippen molar-refractivity contribution < 1.29 is 24.2 Å². The number of imide groups is 1. The van der Waals surface area contributed by atoms with Crippen LogP contribution in [0.25, 0.3) is 0 Å². The Kier molecular flexibility index (Phi) is 9.14. The number of benzene rings is 3. The Morgan fingerprint density at radius 1 is 0.755 bits per heavy atom. The lowest BCUT2D eigenvalue weighted by Gasteiger charge is -2.48. The highest BCUT2D eigenvalue weighted by atomic mass is 16.5. The first-order valence-corrected chi connectivity index (χ1v) is 19.8. The van der Waals surface area contributed by atoms with E-state index < -0.39 is 6.04 Å². The van der Waals surface area contributed by atoms with Gasteiger partial charge in [0.2, 0.25) is 11.8 Å². The van der Waals surface area contributed by atoms with E-state index in [9.17, 15) is 19.5 Å². The zero-order chi connectivity index (χ0) is 36.1. The van der Waals surface area contributed by atoms with Gasteiger partial charge in [-0.25, -0.2) is 0 Å². The molecule has 4 fully saturated rings. The number of phenols is 1. The molecule has 4 saturated heterocycles. The van der Waals surface area contributed by atoms with Gasteiger partial charge in [0.05, 0.1) is 0 Å². The number of piperidine rings is 2. The van der Waals surface area contributed by atoms with Gasteiger partial charge < -0.3 is 24.5 Å². The van der Waals surface area contributed by atoms with Gasteiger partial charge in [0.25, 0.3) is 5.91 Å². The van der Waals surface area contributed by atoms with E-state index in [1.165, 1.54) is 35.2 Å². The Labute approximate surface area is 312 Å². The minimum atomic E-state index is -0.584. The highest BCUT2D eigenvalue weighted by Crippen LogP contribution is 2.55. The van der Waals surface area contributed by atoms with Gasteiger partial charge in [-0.15, -0.1) is 0 Å². The van der Waals surface area contributed by atoms with Gasteiger partial charge in [-0.05, 0) is 121 Å². The van der Waals surface area contributed by atoms with Crippen LogP contribution < -0.4 is 15.1 Å². The third-order valence-electron chi connectivity index (χ3n) is 13.4. The fourth-order valence-corrected chi connectivity index (χ4v) is 10.4. The lowest BCUT2D eigenvalue weighted by atomic mass is 9.58. The van der Waals surface area contributed by atoms with Crippen molar-refractivity contribution in [2.24, 2.45) is 11.3 Å². The number of hydrogen-bond donors (Lipinski definition) is 2. The van der Waals surface area contributed by atoms with Crippen molar-refractivity contribution in [1.82, 2.24) is 15.1 Å². The van der Waals surface area contributed by atoms with Crippen molar-refractivity contribution in [3.63, 3.8) is 0 Å². The van der Waals surface area contributed by atoms with Crippen LogP contribution in [0.5, 0.6) is 5.75 Å². The fraction of sp³-hybridized carbons (Fsp3) is 0.512. The number of carbonyl (C=O) groups excluding carboxylic acids is 3. The quantitative estimate of drug-likeness (QED) is 0.341. The number of nitrogens with one attached hydrogen (secondary N) is 1. The molecular formula is C43H51N5O5. The zero-order valence-electron chi connectivity index (χ0n) is 30.6. The molecule has 5 heterocycles. The van der Waals surface area contributed by atoms with Gasteiger partial charge in [-0.2, -0.15) is 0 Å². The Balaban J connectivity index is 0.776. The molecule has 2 atom stereocenters. The van der Waals surface area contributed by atoms with E-state index in [1.54, 1.807) is 4.90 Å². The average molecular weight is 718 g/mol. The smallest absolute Gasteiger partial charge is 0.255 e. The van der Waals surface area contributed by atoms with Crippen molar-refractivity contribution in [3.05, 3.63) is 88.5 Å². The van der Waals surface area contributed by atoms with E-state index >= 15 is 0 Å². The number of aryl methyl sites for hydroxylation is 1. The molecule has 5 aliphatic heterocycles. The number of ether oxygens (including phenoxy) is 1. The van der Waals surface area contributed by atoms with Gasteiger partial charge in [0.15, 0.2) is 0 Å². The summed E-state index contributed by atoms with van der Waals surface area (Å²) in [4.78, 5) is 46.5. The molecule has 10 nitrogen and oxygen atoms in total. The summed E-state index contributed by atoms with van der Waals surface area (Å²) in [7, 11) is 0. The topological polar surface area (TPSA) is 106 Å². The predicted molar refractivity (Wildman–Crippen MR) is 203 cm³/mol. The maximum absolute atomic E-state index is 13.1. The summed E-state index contributed by atoms with van der Waals surface area (Å²) in [5.41, 5.74) is 8.36. The van der Waals surface area contributed by atoms with Gasteiger partial charge in [-0.3, -0.25) is 24.6 Å². The average Bonchev–Trinajstić information content (AvgIpc) is 3.51. The standard InChI is InChI=1S/C43H51N5O5/c49-35-6-8-36-31(26-35)11-14-43(15-23-53-24-16-43)40(36)30-1-3-33(4-2-30)46-17-12-29(13-18-46)27-45-19-21-47(22-20-45)34-5-7-37-32(25-34)28-48(42(37)52)38-9-10-39(50)44-41(38)51/h1-8,25-26,29,38,40,49H,9-24,27-28H2,(H,44,50,51)/t38-,40-/m0/s1. The summed E-state index contributed by atoms with van der Waals surface area (Å²) in [6.45, 7) is 9.34. The molecule has 1 aliphatic carbocycles. The van der Waals surface area contributed by atoms with E-state index in [1.807, 2.05) is 24.3 Å². The number of anilines is 2. The Morgan fingerprint density at radius 2 is 1.49 bits per heavy atom. The SMILES string of the molecule is O=C1CC[C@H](N2Cc3cc(N4CCN(CC5CCN(c6ccc([C@H]7c8ccc(O)cc8CCC78CCOCC8)cc6)CC5)CC4)ccc3C2=O)C(=O)N1. The molecule has 0 saturated carbocycles. The number of phenolic OH excluding ortho intramolecular Hbond substituents is 1. The van der Waals surface area contributed by atoms with Crippen LogP contribution in [0.15, 0.2) is 60.7 Å². The highest BCUT2D eigenvalue weighted by molar-refractivity contribution is 6.05. The second-order valence-corrected chi connectivity index (χ2v) is 16.3. The Bertz CT molecular complexity index is 1870. The van der Waals surface area contributed by atoms with Gasteiger partial charge in [0.1, 0.15) is 11.8 Å². The minimum Gasteiger partial charge on any atom is -0.508 e. The van der Waals surface area contributed by atoms with Crippen molar-refractivity contribution >= 4 is 29.1 Å². The molecule has 53 heavy (non-hydrogen) atoms. The van der Waals surface area contributed by atoms with Crippen LogP contribution in [0.2, 0.25) is 0 Å². The van der Waals surface area contributed by atoms with Crippen LogP contribution in [0.3, 0.4) is 0 Å². The van der Waals surface area contributed by atoms with Crippen molar-refractivity contribution in [2.75, 3.05) is 68.8 Å². The van der Waals surface area contributed by atoms with Crippen LogP contribution in [0, 0.1) is 11.3 Å². The third kappa shape index (κ3) is 6.58. The molecule has 3 aromatic rings. The number of piperazine rings is 1. The molecule has 0 bridgehead atoms. The first-order chi connectivity index (χ1) is 25.8. The molecule has 1 spiro atoms. The summed E-state index contributed by atoms with van der Waals surface area (Å²) in [6.07, 6.45) is 7.39. The molecule has 278 valence electrons. The first kappa shape index (κ1) is 34.4. The van der Waals surface area contributed by atoms with E-state index in [0.29, 0.717) is 36.1 Å². The van der Waals surface area contributed by atoms with E-state index in [4.69, 9.17) is 4.74 Å². The van der Waals surface area contributed by atoms with Crippen molar-refractivity contribution in [1.29, 1.82) is 0 Å². The molecule has 3 amide bonds. The first-order valence-electron chi connectivity index (χ1n) is 19.8. The lowest BCUT2D eigenvalue weighted by molar-refractivity contribution is -0.136. The summed E-state index contributed by atoms with van der Waals surface area (Å²) in [5.74, 6) is 0.641. The molecule has 3 aromatic carbocycles. The van der Waals surface area contributed by atoms with Crippen LogP contribution >= 0.6 is 0 Å². The van der Waals surface area contributed by atoms with Crippen LogP contribution in [-0.2, 0) is 27.3 Å². The second kappa shape index (κ2) is 14.1. The molecular weight excluding hydrogens is 667 g/mol. The van der Waals surface area contributed by atoms with Crippen molar-refractivity contribution in [3.8, 4) is 5.75 Å². The number of hydrogen-bond acceptors (Lipinski definition) is 8. The van der Waals surface area contributed by atoms with Crippen LogP contribution in [0.4, 0.5) is 11.4 Å². The normalized spacial score (nSPS) is 25.1. The van der Waals surface area contributed by atoms with E-state index in [-0.39, 0.29) is 29.6 Å². The van der Waals surface area contributed by atoms with Gasteiger partial charge in [0, 0.05) is 94.8 Å².